The molecule has 0 aromatic rings. The van der Waals surface area contributed by atoms with Crippen LogP contribution in [0.4, 0.5) is 4.79 Å². The molecule has 0 spiro atoms. The van der Waals surface area contributed by atoms with Crippen molar-refractivity contribution in [2.75, 3.05) is 20.3 Å². The van der Waals surface area contributed by atoms with Crippen LogP contribution >= 0.6 is 0 Å². The van der Waals surface area contributed by atoms with Gasteiger partial charge in [-0.25, -0.2) is 9.59 Å². The van der Waals surface area contributed by atoms with Gasteiger partial charge < -0.3 is 25.6 Å². The number of aliphatic hydroxyl groups is 1. The molecule has 0 saturated carbocycles. The fourth-order valence-electron chi connectivity index (χ4n) is 0.976. The number of amides is 2. The molecule has 4 N–H and O–H groups in total. The van der Waals surface area contributed by atoms with Gasteiger partial charge >= 0.3 is 12.0 Å². The molecule has 0 aliphatic rings. The molecular formula is C9H18N2O5. The molecule has 0 aromatic carbocycles. The molecule has 0 rings (SSSR count). The van der Waals surface area contributed by atoms with Gasteiger partial charge in [0.1, 0.15) is 0 Å². The topological polar surface area (TPSA) is 108 Å². The summed E-state index contributed by atoms with van der Waals surface area (Å²) in [7, 11) is 1.55. The van der Waals surface area contributed by atoms with E-state index in [-0.39, 0.29) is 6.04 Å². The fourth-order valence-corrected chi connectivity index (χ4v) is 0.976. The van der Waals surface area contributed by atoms with Gasteiger partial charge in [0.15, 0.2) is 6.04 Å². The number of aliphatic hydroxyl groups excluding tert-OH is 1. The highest BCUT2D eigenvalue weighted by molar-refractivity contribution is 5.82. The molecule has 7 nitrogen and oxygen atoms in total. The molecule has 0 aliphatic heterocycles. The molecule has 0 aromatic heterocycles. The minimum Gasteiger partial charge on any atom is -0.480 e. The Kier molecular flexibility index (Phi) is 7.23. The molecule has 16 heavy (non-hydrogen) atoms. The van der Waals surface area contributed by atoms with Crippen molar-refractivity contribution in [1.29, 1.82) is 0 Å². The van der Waals surface area contributed by atoms with E-state index < -0.39 is 24.6 Å². The zero-order valence-electron chi connectivity index (χ0n) is 9.40. The van der Waals surface area contributed by atoms with Crippen molar-refractivity contribution in [3.8, 4) is 0 Å². The number of hydrogen-bond acceptors (Lipinski definition) is 4. The number of ether oxygens (including phenoxy) is 1. The summed E-state index contributed by atoms with van der Waals surface area (Å²) < 4.78 is 4.83. The number of carbonyl (C=O) groups is 2. The Bertz CT molecular complexity index is 234. The van der Waals surface area contributed by atoms with Crippen LogP contribution in [0.2, 0.25) is 0 Å². The van der Waals surface area contributed by atoms with E-state index in [0.29, 0.717) is 13.0 Å². The largest absolute Gasteiger partial charge is 0.480 e. The fraction of sp³-hybridized carbons (Fsp3) is 0.778. The van der Waals surface area contributed by atoms with Crippen LogP contribution in [0, 0.1) is 0 Å². The molecule has 0 heterocycles. The van der Waals surface area contributed by atoms with Crippen LogP contribution < -0.4 is 10.6 Å². The molecular weight excluding hydrogens is 216 g/mol. The molecule has 0 aliphatic carbocycles. The van der Waals surface area contributed by atoms with Crippen LogP contribution in [0.1, 0.15) is 13.3 Å². The van der Waals surface area contributed by atoms with Gasteiger partial charge in [-0.15, -0.1) is 0 Å². The lowest BCUT2D eigenvalue weighted by Gasteiger charge is -2.16. The molecule has 2 amide bonds. The van der Waals surface area contributed by atoms with Crippen LogP contribution in [-0.2, 0) is 9.53 Å². The lowest BCUT2D eigenvalue weighted by atomic mass is 10.2. The van der Waals surface area contributed by atoms with Crippen molar-refractivity contribution in [1.82, 2.24) is 10.6 Å². The highest BCUT2D eigenvalue weighted by Gasteiger charge is 2.19. The van der Waals surface area contributed by atoms with Crippen molar-refractivity contribution in [3.63, 3.8) is 0 Å². The van der Waals surface area contributed by atoms with E-state index in [0.717, 1.165) is 0 Å². The van der Waals surface area contributed by atoms with Crippen molar-refractivity contribution >= 4 is 12.0 Å². The average Bonchev–Trinajstić information content (AvgIpc) is 2.22. The number of aliphatic carboxylic acids is 1. The van der Waals surface area contributed by atoms with Gasteiger partial charge in [-0.1, -0.05) is 0 Å². The third-order valence-corrected chi connectivity index (χ3v) is 1.92. The van der Waals surface area contributed by atoms with Gasteiger partial charge in [-0.2, -0.15) is 0 Å². The first-order chi connectivity index (χ1) is 7.51. The monoisotopic (exact) mass is 234 g/mol. The van der Waals surface area contributed by atoms with Crippen molar-refractivity contribution < 1.29 is 24.5 Å². The summed E-state index contributed by atoms with van der Waals surface area (Å²) in [6.07, 6.45) is 0.626. The Morgan fingerprint density at radius 1 is 1.38 bits per heavy atom. The Labute approximate surface area is 93.8 Å². The maximum atomic E-state index is 11.3. The van der Waals surface area contributed by atoms with Gasteiger partial charge in [0, 0.05) is 19.8 Å². The van der Waals surface area contributed by atoms with Crippen molar-refractivity contribution in [2.24, 2.45) is 0 Å². The average molecular weight is 234 g/mol. The first-order valence-corrected chi connectivity index (χ1v) is 4.90. The number of urea groups is 1. The van der Waals surface area contributed by atoms with E-state index in [1.165, 1.54) is 0 Å². The summed E-state index contributed by atoms with van der Waals surface area (Å²) >= 11 is 0. The normalized spacial score (nSPS) is 13.9. The van der Waals surface area contributed by atoms with E-state index in [4.69, 9.17) is 14.9 Å². The van der Waals surface area contributed by atoms with Crippen molar-refractivity contribution in [2.45, 2.75) is 25.4 Å². The Balaban J connectivity index is 3.92. The van der Waals surface area contributed by atoms with Crippen molar-refractivity contribution in [3.05, 3.63) is 0 Å². The second-order valence-corrected chi connectivity index (χ2v) is 3.37. The van der Waals surface area contributed by atoms with Crippen LogP contribution in [0.5, 0.6) is 0 Å². The van der Waals surface area contributed by atoms with Crippen LogP contribution in [0.15, 0.2) is 0 Å². The third-order valence-electron chi connectivity index (χ3n) is 1.92. The van der Waals surface area contributed by atoms with Crippen LogP contribution in [0.3, 0.4) is 0 Å². The summed E-state index contributed by atoms with van der Waals surface area (Å²) in [4.78, 5) is 21.8. The Hall–Kier alpha value is -1.34. The number of rotatable bonds is 7. The first-order valence-electron chi connectivity index (χ1n) is 4.90. The standard InChI is InChI=1S/C9H18N2O5/c1-6(3-4-16-2)10-9(15)11-7(5-12)8(13)14/h6-7,12H,3-5H2,1-2H3,(H,13,14)(H2,10,11,15)/t6?,7-/m1/s1. The zero-order chi connectivity index (χ0) is 12.6. The Morgan fingerprint density at radius 2 is 2.00 bits per heavy atom. The molecule has 7 heteroatoms. The predicted octanol–water partition coefficient (Wildman–Crippen LogP) is -0.844. The number of carbonyl (C=O) groups excluding carboxylic acids is 1. The molecule has 0 bridgehead atoms. The van der Waals surface area contributed by atoms with E-state index in [2.05, 4.69) is 10.6 Å². The number of hydrogen-bond donors (Lipinski definition) is 4. The zero-order valence-corrected chi connectivity index (χ0v) is 9.40. The number of carboxylic acid groups (broad SMARTS) is 1. The lowest BCUT2D eigenvalue weighted by molar-refractivity contribution is -0.140. The van der Waals surface area contributed by atoms with Crippen LogP contribution in [0.25, 0.3) is 0 Å². The minimum atomic E-state index is -1.28. The summed E-state index contributed by atoms with van der Waals surface area (Å²) in [5.74, 6) is -1.28. The van der Waals surface area contributed by atoms with Gasteiger partial charge in [0.25, 0.3) is 0 Å². The van der Waals surface area contributed by atoms with Gasteiger partial charge in [0.2, 0.25) is 0 Å². The SMILES string of the molecule is COCCC(C)NC(=O)N[C@H](CO)C(=O)O. The maximum absolute atomic E-state index is 11.3. The minimum absolute atomic E-state index is 0.131. The molecule has 94 valence electrons. The highest BCUT2D eigenvalue weighted by Crippen LogP contribution is 1.91. The lowest BCUT2D eigenvalue weighted by Crippen LogP contribution is -2.50. The van der Waals surface area contributed by atoms with E-state index >= 15 is 0 Å². The summed E-state index contributed by atoms with van der Waals surface area (Å²) in [5, 5.41) is 21.9. The van der Waals surface area contributed by atoms with Gasteiger partial charge in [-0.3, -0.25) is 0 Å². The number of carboxylic acids is 1. The molecule has 0 saturated heterocycles. The van der Waals surface area contributed by atoms with E-state index in [9.17, 15) is 9.59 Å². The second kappa shape index (κ2) is 7.89. The predicted molar refractivity (Wildman–Crippen MR) is 56.1 cm³/mol. The quantitative estimate of drug-likeness (QED) is 0.459. The smallest absolute Gasteiger partial charge is 0.328 e. The number of nitrogens with one attached hydrogen (secondary N) is 2. The van der Waals surface area contributed by atoms with E-state index in [1.807, 2.05) is 0 Å². The Morgan fingerprint density at radius 3 is 2.44 bits per heavy atom. The molecule has 0 fully saturated rings. The molecule has 2 atom stereocenters. The molecule has 1 unspecified atom stereocenters. The summed E-state index contributed by atoms with van der Waals surface area (Å²) in [6.45, 7) is 1.63. The number of methoxy groups -OCH3 is 1. The maximum Gasteiger partial charge on any atom is 0.328 e. The second-order valence-electron chi connectivity index (χ2n) is 3.37. The summed E-state index contributed by atoms with van der Waals surface area (Å²) in [5.41, 5.74) is 0. The first kappa shape index (κ1) is 14.7. The van der Waals surface area contributed by atoms with Gasteiger partial charge in [0.05, 0.1) is 6.61 Å². The van der Waals surface area contributed by atoms with E-state index in [1.54, 1.807) is 14.0 Å². The summed E-state index contributed by atoms with van der Waals surface area (Å²) in [6, 6.07) is -2.03. The van der Waals surface area contributed by atoms with Crippen LogP contribution in [-0.4, -0.2) is 54.6 Å². The third kappa shape index (κ3) is 6.20. The highest BCUT2D eigenvalue weighted by atomic mass is 16.5. The van der Waals surface area contributed by atoms with Gasteiger partial charge in [-0.05, 0) is 13.3 Å². The molecule has 0 radical (unpaired) electrons.